The molecule has 18 heavy (non-hydrogen) atoms. The first-order chi connectivity index (χ1) is 8.66. The van der Waals surface area contributed by atoms with Gasteiger partial charge in [-0.25, -0.2) is 0 Å². The molecule has 0 aliphatic carbocycles. The molecular weight excluding hydrogens is 294 g/mol. The molecule has 4 nitrogen and oxygen atoms in total. The molecule has 0 saturated carbocycles. The summed E-state index contributed by atoms with van der Waals surface area (Å²) in [5, 5.41) is 7.33. The number of halogens is 1. The highest BCUT2D eigenvalue weighted by Crippen LogP contribution is 2.24. The minimum atomic E-state index is -0.0438. The number of pyridine rings is 1. The SMILES string of the molecule is N=C(N)c1cc(COc2ccccc2Br)ccn1. The van der Waals surface area contributed by atoms with Gasteiger partial charge in [-0.1, -0.05) is 12.1 Å². The summed E-state index contributed by atoms with van der Waals surface area (Å²) in [4.78, 5) is 4.00. The zero-order valence-corrected chi connectivity index (χ0v) is 11.1. The van der Waals surface area contributed by atoms with Gasteiger partial charge in [-0.2, -0.15) is 0 Å². The molecule has 1 heterocycles. The monoisotopic (exact) mass is 305 g/mol. The molecule has 1 aromatic heterocycles. The third kappa shape index (κ3) is 3.07. The lowest BCUT2D eigenvalue weighted by atomic mass is 10.2. The zero-order valence-electron chi connectivity index (χ0n) is 9.56. The molecule has 0 saturated heterocycles. The first-order valence-corrected chi connectivity index (χ1v) is 6.13. The van der Waals surface area contributed by atoms with Gasteiger partial charge < -0.3 is 10.5 Å². The highest BCUT2D eigenvalue weighted by atomic mass is 79.9. The van der Waals surface area contributed by atoms with Crippen LogP contribution in [0.1, 0.15) is 11.3 Å². The van der Waals surface area contributed by atoms with E-state index in [1.807, 2.05) is 30.3 Å². The van der Waals surface area contributed by atoms with E-state index in [-0.39, 0.29) is 5.84 Å². The Balaban J connectivity index is 2.09. The van der Waals surface area contributed by atoms with Crippen LogP contribution in [0.25, 0.3) is 0 Å². The third-order valence-electron chi connectivity index (χ3n) is 2.33. The first-order valence-electron chi connectivity index (χ1n) is 5.33. The van der Waals surface area contributed by atoms with Gasteiger partial charge in [0.05, 0.1) is 4.47 Å². The molecule has 1 aromatic carbocycles. The lowest BCUT2D eigenvalue weighted by molar-refractivity contribution is 0.304. The van der Waals surface area contributed by atoms with Gasteiger partial charge in [0.25, 0.3) is 0 Å². The van der Waals surface area contributed by atoms with E-state index in [0.29, 0.717) is 12.3 Å². The number of hydrogen-bond acceptors (Lipinski definition) is 3. The van der Waals surface area contributed by atoms with Crippen LogP contribution in [0.3, 0.4) is 0 Å². The average molecular weight is 306 g/mol. The number of nitrogens with zero attached hydrogens (tertiary/aromatic N) is 1. The smallest absolute Gasteiger partial charge is 0.141 e. The number of benzene rings is 1. The molecule has 0 unspecified atom stereocenters. The van der Waals surface area contributed by atoms with Crippen LogP contribution in [0.2, 0.25) is 0 Å². The van der Waals surface area contributed by atoms with Crippen LogP contribution in [0.5, 0.6) is 5.75 Å². The Kier molecular flexibility index (Phi) is 3.94. The number of nitrogens with one attached hydrogen (secondary N) is 1. The number of nitrogen functional groups attached to an aromatic ring is 1. The first kappa shape index (κ1) is 12.6. The van der Waals surface area contributed by atoms with Gasteiger partial charge >= 0.3 is 0 Å². The predicted octanol–water partition coefficient (Wildman–Crippen LogP) is 2.71. The maximum absolute atomic E-state index is 7.33. The van der Waals surface area contributed by atoms with Crippen LogP contribution in [-0.2, 0) is 6.61 Å². The highest BCUT2D eigenvalue weighted by Gasteiger charge is 2.03. The Labute approximate surface area is 113 Å². The standard InChI is InChI=1S/C13H12BrN3O/c14-10-3-1-2-4-12(10)18-8-9-5-6-17-11(7-9)13(15)16/h1-7H,8H2,(H3,15,16). The molecule has 0 aliphatic heterocycles. The van der Waals surface area contributed by atoms with Gasteiger partial charge in [0, 0.05) is 6.20 Å². The van der Waals surface area contributed by atoms with E-state index in [4.69, 9.17) is 15.9 Å². The number of para-hydroxylation sites is 1. The zero-order chi connectivity index (χ0) is 13.0. The summed E-state index contributed by atoms with van der Waals surface area (Å²) < 4.78 is 6.58. The predicted molar refractivity (Wildman–Crippen MR) is 73.7 cm³/mol. The van der Waals surface area contributed by atoms with E-state index in [9.17, 15) is 0 Å². The quantitative estimate of drug-likeness (QED) is 0.674. The van der Waals surface area contributed by atoms with Crippen molar-refractivity contribution >= 4 is 21.8 Å². The summed E-state index contributed by atoms with van der Waals surface area (Å²) in [7, 11) is 0. The largest absolute Gasteiger partial charge is 0.488 e. The van der Waals surface area contributed by atoms with Crippen molar-refractivity contribution in [3.8, 4) is 5.75 Å². The molecule has 0 spiro atoms. The van der Waals surface area contributed by atoms with Crippen molar-refractivity contribution < 1.29 is 4.74 Å². The molecule has 5 heteroatoms. The Morgan fingerprint density at radius 3 is 2.83 bits per heavy atom. The van der Waals surface area contributed by atoms with Crippen LogP contribution >= 0.6 is 15.9 Å². The second-order valence-electron chi connectivity index (χ2n) is 3.68. The van der Waals surface area contributed by atoms with Gasteiger partial charge in [-0.3, -0.25) is 10.4 Å². The van der Waals surface area contributed by atoms with Crippen LogP contribution in [-0.4, -0.2) is 10.8 Å². The fourth-order valence-electron chi connectivity index (χ4n) is 1.43. The highest BCUT2D eigenvalue weighted by molar-refractivity contribution is 9.10. The summed E-state index contributed by atoms with van der Waals surface area (Å²) in [5.41, 5.74) is 6.77. The van der Waals surface area contributed by atoms with E-state index < -0.39 is 0 Å². The summed E-state index contributed by atoms with van der Waals surface area (Å²) in [6.07, 6.45) is 1.62. The number of ether oxygens (including phenoxy) is 1. The van der Waals surface area contributed by atoms with Crippen molar-refractivity contribution in [1.29, 1.82) is 5.41 Å². The third-order valence-corrected chi connectivity index (χ3v) is 2.99. The van der Waals surface area contributed by atoms with E-state index in [1.165, 1.54) is 0 Å². The molecule has 0 atom stereocenters. The maximum atomic E-state index is 7.33. The minimum absolute atomic E-state index is 0.0438. The number of amidine groups is 1. The fourth-order valence-corrected chi connectivity index (χ4v) is 1.83. The van der Waals surface area contributed by atoms with Gasteiger partial charge in [-0.05, 0) is 45.8 Å². The molecule has 92 valence electrons. The Morgan fingerprint density at radius 1 is 1.33 bits per heavy atom. The van der Waals surface area contributed by atoms with Gasteiger partial charge in [-0.15, -0.1) is 0 Å². The van der Waals surface area contributed by atoms with E-state index in [2.05, 4.69) is 20.9 Å². The van der Waals surface area contributed by atoms with Crippen LogP contribution in [0, 0.1) is 5.41 Å². The molecular formula is C13H12BrN3O. The second-order valence-corrected chi connectivity index (χ2v) is 4.54. The second kappa shape index (κ2) is 5.64. The van der Waals surface area contributed by atoms with Gasteiger partial charge in [0.2, 0.25) is 0 Å². The van der Waals surface area contributed by atoms with E-state index in [0.717, 1.165) is 15.8 Å². The Morgan fingerprint density at radius 2 is 2.11 bits per heavy atom. The van der Waals surface area contributed by atoms with Crippen molar-refractivity contribution in [2.45, 2.75) is 6.61 Å². The normalized spacial score (nSPS) is 10.1. The van der Waals surface area contributed by atoms with Crippen LogP contribution in [0.15, 0.2) is 47.1 Å². The molecule has 0 aliphatic rings. The van der Waals surface area contributed by atoms with Gasteiger partial charge in [0.1, 0.15) is 23.9 Å². The van der Waals surface area contributed by atoms with Crippen molar-refractivity contribution in [3.63, 3.8) is 0 Å². The number of nitrogens with two attached hydrogens (primary N) is 1. The molecule has 2 rings (SSSR count). The molecule has 3 N–H and O–H groups in total. The fraction of sp³-hybridized carbons (Fsp3) is 0.0769. The number of rotatable bonds is 4. The van der Waals surface area contributed by atoms with E-state index in [1.54, 1.807) is 12.3 Å². The topological polar surface area (TPSA) is 72.0 Å². The van der Waals surface area contributed by atoms with Gasteiger partial charge in [0.15, 0.2) is 0 Å². The average Bonchev–Trinajstić information content (AvgIpc) is 2.38. The Bertz CT molecular complexity index is 572. The Hall–Kier alpha value is -1.88. The molecule has 2 aromatic rings. The summed E-state index contributed by atoms with van der Waals surface area (Å²) >= 11 is 3.42. The van der Waals surface area contributed by atoms with Crippen molar-refractivity contribution in [1.82, 2.24) is 4.98 Å². The minimum Gasteiger partial charge on any atom is -0.488 e. The summed E-state index contributed by atoms with van der Waals surface area (Å²) in [5.74, 6) is 0.733. The van der Waals surface area contributed by atoms with Crippen molar-refractivity contribution in [2.24, 2.45) is 5.73 Å². The molecule has 0 amide bonds. The van der Waals surface area contributed by atoms with Crippen LogP contribution in [0.4, 0.5) is 0 Å². The summed E-state index contributed by atoms with van der Waals surface area (Å²) in [6.45, 7) is 0.408. The molecule has 0 radical (unpaired) electrons. The lowest BCUT2D eigenvalue weighted by Crippen LogP contribution is -2.13. The molecule has 0 fully saturated rings. The van der Waals surface area contributed by atoms with E-state index >= 15 is 0 Å². The number of hydrogen-bond donors (Lipinski definition) is 2. The summed E-state index contributed by atoms with van der Waals surface area (Å²) in [6, 6.07) is 11.2. The van der Waals surface area contributed by atoms with Crippen molar-refractivity contribution in [3.05, 3.63) is 58.3 Å². The van der Waals surface area contributed by atoms with Crippen LogP contribution < -0.4 is 10.5 Å². The molecule has 0 bridgehead atoms. The van der Waals surface area contributed by atoms with Crippen molar-refractivity contribution in [2.75, 3.05) is 0 Å². The lowest BCUT2D eigenvalue weighted by Gasteiger charge is -2.08. The maximum Gasteiger partial charge on any atom is 0.141 e. The number of aromatic nitrogens is 1.